The molecule has 0 radical (unpaired) electrons. The molecule has 0 saturated heterocycles. The number of amides is 1. The predicted molar refractivity (Wildman–Crippen MR) is 105 cm³/mol. The van der Waals surface area contributed by atoms with Crippen LogP contribution in [0.5, 0.6) is 0 Å². The number of aromatic nitrogens is 2. The third-order valence-electron chi connectivity index (χ3n) is 4.03. The van der Waals surface area contributed by atoms with Gasteiger partial charge in [0.1, 0.15) is 11.9 Å². The van der Waals surface area contributed by atoms with Crippen LogP contribution in [-0.4, -0.2) is 55.2 Å². The predicted octanol–water partition coefficient (Wildman–Crippen LogP) is 0.872. The Morgan fingerprint density at radius 1 is 1.25 bits per heavy atom. The molecule has 2 rings (SSSR count). The number of para-hydroxylation sites is 1. The lowest BCUT2D eigenvalue weighted by Crippen LogP contribution is -2.42. The molecule has 1 atom stereocenters. The first-order valence-corrected chi connectivity index (χ1v) is 9.73. The van der Waals surface area contributed by atoms with Crippen LogP contribution in [0.3, 0.4) is 0 Å². The van der Waals surface area contributed by atoms with Crippen LogP contribution in [0.15, 0.2) is 29.1 Å². The third-order valence-corrected chi connectivity index (χ3v) is 4.96. The Balaban J connectivity index is 1.87. The van der Waals surface area contributed by atoms with Gasteiger partial charge in [-0.2, -0.15) is 11.8 Å². The molecular weight excluding hydrogens is 386 g/mol. The van der Waals surface area contributed by atoms with E-state index in [1.807, 2.05) is 6.07 Å². The maximum absolute atomic E-state index is 12.5. The molecule has 1 aromatic heterocycles. The smallest absolute Gasteiger partial charge is 0.326 e. The Morgan fingerprint density at radius 3 is 2.64 bits per heavy atom. The molecule has 10 heteroatoms. The van der Waals surface area contributed by atoms with Crippen molar-refractivity contribution in [2.75, 3.05) is 11.5 Å². The van der Waals surface area contributed by atoms with Gasteiger partial charge < -0.3 is 15.5 Å². The molecule has 2 aromatic rings. The summed E-state index contributed by atoms with van der Waals surface area (Å²) in [6.07, 6.45) is -0.528. The Labute approximate surface area is 164 Å². The van der Waals surface area contributed by atoms with E-state index >= 15 is 0 Å². The van der Waals surface area contributed by atoms with Crippen molar-refractivity contribution in [1.82, 2.24) is 14.9 Å². The average Bonchev–Trinajstić information content (AvgIpc) is 2.64. The Morgan fingerprint density at radius 2 is 1.96 bits per heavy atom. The van der Waals surface area contributed by atoms with Crippen LogP contribution in [0.4, 0.5) is 0 Å². The molecule has 0 bridgehead atoms. The standard InChI is InChI=1S/C18H21N3O6S/c1-11-19-13-5-3-2-4-12(13)17(25)21(11)8-9-28-10-15(22)20-14(18(26)27)6-7-16(23)24/h2-5,14H,6-10H2,1H3,(H,20,22)(H,23,24)(H,26,27). The van der Waals surface area contributed by atoms with Crippen molar-refractivity contribution in [2.24, 2.45) is 0 Å². The number of carbonyl (C=O) groups is 3. The molecule has 9 nitrogen and oxygen atoms in total. The number of carboxylic acid groups (broad SMARTS) is 2. The van der Waals surface area contributed by atoms with Crippen LogP contribution in [-0.2, 0) is 20.9 Å². The molecule has 0 aliphatic rings. The van der Waals surface area contributed by atoms with Gasteiger partial charge in [0.25, 0.3) is 5.56 Å². The number of carboxylic acids is 2. The number of hydrogen-bond acceptors (Lipinski definition) is 6. The second-order valence-corrected chi connectivity index (χ2v) is 7.18. The molecule has 1 heterocycles. The summed E-state index contributed by atoms with van der Waals surface area (Å²) in [6, 6.07) is 5.83. The van der Waals surface area contributed by atoms with Crippen molar-refractivity contribution >= 4 is 40.5 Å². The largest absolute Gasteiger partial charge is 0.481 e. The number of hydrogen-bond donors (Lipinski definition) is 3. The summed E-state index contributed by atoms with van der Waals surface area (Å²) >= 11 is 1.25. The number of rotatable bonds is 10. The van der Waals surface area contributed by atoms with Gasteiger partial charge >= 0.3 is 11.9 Å². The molecular formula is C18H21N3O6S. The van der Waals surface area contributed by atoms with E-state index in [0.717, 1.165) is 0 Å². The number of benzene rings is 1. The second kappa shape index (κ2) is 9.88. The normalized spacial score (nSPS) is 11.9. The number of nitrogens with zero attached hydrogens (tertiary/aromatic N) is 2. The minimum atomic E-state index is -1.27. The van der Waals surface area contributed by atoms with Crippen molar-refractivity contribution in [2.45, 2.75) is 32.4 Å². The van der Waals surface area contributed by atoms with Crippen LogP contribution in [0.2, 0.25) is 0 Å². The summed E-state index contributed by atoms with van der Waals surface area (Å²) < 4.78 is 1.54. The molecule has 0 spiro atoms. The van der Waals surface area contributed by atoms with Gasteiger partial charge in [0.2, 0.25) is 5.91 Å². The number of nitrogens with one attached hydrogen (secondary N) is 1. The van der Waals surface area contributed by atoms with Gasteiger partial charge in [-0.1, -0.05) is 12.1 Å². The Bertz CT molecular complexity index is 943. The van der Waals surface area contributed by atoms with E-state index < -0.39 is 23.9 Å². The summed E-state index contributed by atoms with van der Waals surface area (Å²) in [4.78, 5) is 50.5. The maximum atomic E-state index is 12.5. The molecule has 1 unspecified atom stereocenters. The van der Waals surface area contributed by atoms with Gasteiger partial charge in [0, 0.05) is 18.7 Å². The van der Waals surface area contributed by atoms with E-state index in [0.29, 0.717) is 29.0 Å². The molecule has 1 aromatic carbocycles. The molecule has 150 valence electrons. The lowest BCUT2D eigenvalue weighted by atomic mass is 10.1. The van der Waals surface area contributed by atoms with Gasteiger partial charge in [0.15, 0.2) is 0 Å². The van der Waals surface area contributed by atoms with Gasteiger partial charge in [0.05, 0.1) is 16.7 Å². The van der Waals surface area contributed by atoms with Crippen LogP contribution in [0, 0.1) is 6.92 Å². The Hall–Kier alpha value is -2.88. The quantitative estimate of drug-likeness (QED) is 0.493. The molecule has 0 saturated carbocycles. The number of fused-ring (bicyclic) bond motifs is 1. The number of thioether (sulfide) groups is 1. The zero-order valence-corrected chi connectivity index (χ0v) is 16.1. The summed E-state index contributed by atoms with van der Waals surface area (Å²) in [5.74, 6) is -1.85. The van der Waals surface area contributed by atoms with Gasteiger partial charge in [-0.3, -0.25) is 19.0 Å². The molecule has 0 fully saturated rings. The number of aliphatic carboxylic acids is 2. The highest BCUT2D eigenvalue weighted by molar-refractivity contribution is 7.99. The zero-order chi connectivity index (χ0) is 20.7. The molecule has 0 aliphatic heterocycles. The van der Waals surface area contributed by atoms with Gasteiger partial charge in [-0.05, 0) is 25.5 Å². The van der Waals surface area contributed by atoms with Crippen molar-refractivity contribution in [1.29, 1.82) is 0 Å². The minimum Gasteiger partial charge on any atom is -0.481 e. The first-order chi connectivity index (χ1) is 13.3. The first-order valence-electron chi connectivity index (χ1n) is 8.57. The van der Waals surface area contributed by atoms with E-state index in [4.69, 9.17) is 10.2 Å². The topological polar surface area (TPSA) is 139 Å². The number of carbonyl (C=O) groups excluding carboxylic acids is 1. The van der Waals surface area contributed by atoms with E-state index in [1.165, 1.54) is 11.8 Å². The first kappa shape index (κ1) is 21.4. The highest BCUT2D eigenvalue weighted by Gasteiger charge is 2.20. The van der Waals surface area contributed by atoms with Gasteiger partial charge in [-0.25, -0.2) is 9.78 Å². The fraction of sp³-hybridized carbons (Fsp3) is 0.389. The van der Waals surface area contributed by atoms with E-state index in [-0.39, 0.29) is 24.2 Å². The highest BCUT2D eigenvalue weighted by atomic mass is 32.2. The minimum absolute atomic E-state index is 0.00561. The van der Waals surface area contributed by atoms with Crippen LogP contribution in [0.25, 0.3) is 10.9 Å². The highest BCUT2D eigenvalue weighted by Crippen LogP contribution is 2.09. The lowest BCUT2D eigenvalue weighted by molar-refractivity contribution is -0.142. The van der Waals surface area contributed by atoms with E-state index in [2.05, 4.69) is 10.3 Å². The monoisotopic (exact) mass is 407 g/mol. The third kappa shape index (κ3) is 5.81. The fourth-order valence-electron chi connectivity index (χ4n) is 2.62. The summed E-state index contributed by atoms with van der Waals surface area (Å²) in [6.45, 7) is 2.10. The molecule has 3 N–H and O–H groups in total. The van der Waals surface area contributed by atoms with E-state index in [9.17, 15) is 19.2 Å². The second-order valence-electron chi connectivity index (χ2n) is 6.08. The van der Waals surface area contributed by atoms with Crippen LogP contribution in [0.1, 0.15) is 18.7 Å². The SMILES string of the molecule is Cc1nc2ccccc2c(=O)n1CCSCC(=O)NC(CCC(=O)O)C(=O)O. The fourth-order valence-corrected chi connectivity index (χ4v) is 3.35. The van der Waals surface area contributed by atoms with Crippen molar-refractivity contribution in [3.05, 3.63) is 40.4 Å². The summed E-state index contributed by atoms with van der Waals surface area (Å²) in [7, 11) is 0. The van der Waals surface area contributed by atoms with E-state index in [1.54, 1.807) is 29.7 Å². The van der Waals surface area contributed by atoms with Crippen molar-refractivity contribution in [3.63, 3.8) is 0 Å². The lowest BCUT2D eigenvalue weighted by Gasteiger charge is -2.14. The number of aryl methyl sites for hydroxylation is 1. The van der Waals surface area contributed by atoms with Gasteiger partial charge in [-0.15, -0.1) is 0 Å². The molecule has 1 amide bonds. The zero-order valence-electron chi connectivity index (χ0n) is 15.3. The maximum Gasteiger partial charge on any atom is 0.326 e. The van der Waals surface area contributed by atoms with Crippen LogP contribution < -0.4 is 10.9 Å². The summed E-state index contributed by atoms with van der Waals surface area (Å²) in [5, 5.41) is 20.5. The van der Waals surface area contributed by atoms with Crippen molar-refractivity contribution in [3.8, 4) is 0 Å². The summed E-state index contributed by atoms with van der Waals surface area (Å²) in [5.41, 5.74) is 0.488. The average molecular weight is 407 g/mol. The van der Waals surface area contributed by atoms with Crippen molar-refractivity contribution < 1.29 is 24.6 Å². The Kier molecular flexibility index (Phi) is 7.56. The van der Waals surface area contributed by atoms with Crippen LogP contribution >= 0.6 is 11.8 Å². The molecule has 0 aliphatic carbocycles. The molecule has 28 heavy (non-hydrogen) atoms.